The molecule has 1 aliphatic heterocycles. The van der Waals surface area contributed by atoms with Crippen molar-refractivity contribution in [2.24, 2.45) is 0 Å². The van der Waals surface area contributed by atoms with Crippen LogP contribution in [0, 0.1) is 12.3 Å². The average Bonchev–Trinajstić information content (AvgIpc) is 3.73. The van der Waals surface area contributed by atoms with Gasteiger partial charge in [0, 0.05) is 34.0 Å². The lowest BCUT2D eigenvalue weighted by Crippen LogP contribution is -2.42. The van der Waals surface area contributed by atoms with Gasteiger partial charge in [-0.05, 0) is 50.3 Å². The molecule has 234 valence electrons. The van der Waals surface area contributed by atoms with E-state index < -0.39 is 57.0 Å². The number of aliphatic hydroxyl groups is 1. The predicted octanol–water partition coefficient (Wildman–Crippen LogP) is 3.63. The lowest BCUT2D eigenvalue weighted by atomic mass is 9.97. The number of ether oxygens (including phenoxy) is 2. The van der Waals surface area contributed by atoms with Crippen LogP contribution in [0.15, 0.2) is 41.6 Å². The maximum absolute atomic E-state index is 16.3. The van der Waals surface area contributed by atoms with Gasteiger partial charge in [0.15, 0.2) is 29.3 Å². The Morgan fingerprint density at radius 2 is 2.05 bits per heavy atom. The zero-order chi connectivity index (χ0) is 31.8. The summed E-state index contributed by atoms with van der Waals surface area (Å²) in [6.07, 6.45) is 3.71. The average molecular weight is 647 g/mol. The SMILES string of the molecule is C#C[C@@]1(F)[C@H](O)[C@@H](CO[P+](=O)N(Sc2ccccc2)[C@@H](C)C(=O)OC(C)C)O[C@H]1n1cnc2c(N(C)C3CC3)nc(N)nc21. The zero-order valence-corrected chi connectivity index (χ0v) is 26.3. The molecule has 3 N–H and O–H groups in total. The van der Waals surface area contributed by atoms with E-state index in [1.165, 1.54) is 21.9 Å². The summed E-state index contributed by atoms with van der Waals surface area (Å²) in [5.74, 6) is 1.84. The normalized spacial score (nSPS) is 24.4. The van der Waals surface area contributed by atoms with Crippen molar-refractivity contribution in [3.05, 3.63) is 36.7 Å². The lowest BCUT2D eigenvalue weighted by molar-refractivity contribution is -0.150. The second-order valence-corrected chi connectivity index (χ2v) is 13.3. The molecule has 0 amide bonds. The number of terminal acetylenes is 1. The van der Waals surface area contributed by atoms with Gasteiger partial charge in [-0.3, -0.25) is 9.36 Å². The van der Waals surface area contributed by atoms with Crippen LogP contribution in [-0.4, -0.2) is 84.4 Å². The summed E-state index contributed by atoms with van der Waals surface area (Å²) in [6.45, 7) is 4.43. The molecule has 0 bridgehead atoms. The van der Waals surface area contributed by atoms with Crippen molar-refractivity contribution in [3.63, 3.8) is 0 Å². The topological polar surface area (TPSA) is 158 Å². The molecular weight excluding hydrogens is 612 g/mol. The zero-order valence-electron chi connectivity index (χ0n) is 24.6. The van der Waals surface area contributed by atoms with Gasteiger partial charge in [0.2, 0.25) is 11.6 Å². The summed E-state index contributed by atoms with van der Waals surface area (Å²) in [4.78, 5) is 28.3. The monoisotopic (exact) mass is 646 g/mol. The summed E-state index contributed by atoms with van der Waals surface area (Å²) in [5.41, 5.74) is 3.80. The van der Waals surface area contributed by atoms with Crippen LogP contribution in [-0.2, 0) is 23.4 Å². The van der Waals surface area contributed by atoms with Crippen molar-refractivity contribution >= 4 is 49.0 Å². The van der Waals surface area contributed by atoms with Crippen LogP contribution in [0.3, 0.4) is 0 Å². The number of hydrogen-bond acceptors (Lipinski definition) is 12. The first-order valence-corrected chi connectivity index (χ1v) is 15.9. The molecule has 1 aliphatic carbocycles. The van der Waals surface area contributed by atoms with Gasteiger partial charge >= 0.3 is 14.1 Å². The molecule has 1 aromatic carbocycles. The van der Waals surface area contributed by atoms with Crippen LogP contribution in [0.1, 0.15) is 39.8 Å². The molecule has 1 unspecified atom stereocenters. The van der Waals surface area contributed by atoms with Crippen molar-refractivity contribution in [3.8, 4) is 12.3 Å². The Bertz CT molecular complexity index is 1570. The van der Waals surface area contributed by atoms with E-state index in [4.69, 9.17) is 26.2 Å². The number of esters is 1. The fraction of sp³-hybridized carbons (Fsp3) is 0.500. The van der Waals surface area contributed by atoms with Crippen LogP contribution in [0.2, 0.25) is 0 Å². The van der Waals surface area contributed by atoms with Crippen molar-refractivity contribution in [2.75, 3.05) is 24.3 Å². The van der Waals surface area contributed by atoms with Gasteiger partial charge in [0.25, 0.3) is 0 Å². The van der Waals surface area contributed by atoms with E-state index in [-0.39, 0.29) is 17.6 Å². The van der Waals surface area contributed by atoms with Gasteiger partial charge in [-0.2, -0.15) is 9.97 Å². The minimum atomic E-state index is -2.73. The van der Waals surface area contributed by atoms with Crippen LogP contribution >= 0.6 is 20.1 Å². The number of alkyl halides is 1. The highest BCUT2D eigenvalue weighted by molar-refractivity contribution is 8.00. The number of anilines is 2. The number of benzene rings is 1. The Morgan fingerprint density at radius 3 is 2.68 bits per heavy atom. The highest BCUT2D eigenvalue weighted by Gasteiger charge is 2.59. The number of carbonyl (C=O) groups is 1. The van der Waals surface area contributed by atoms with E-state index in [0.29, 0.717) is 16.2 Å². The minimum Gasteiger partial charge on any atom is -0.462 e. The first-order valence-electron chi connectivity index (χ1n) is 14.0. The summed E-state index contributed by atoms with van der Waals surface area (Å²) in [5, 5.41) is 11.0. The molecule has 44 heavy (non-hydrogen) atoms. The van der Waals surface area contributed by atoms with Crippen LogP contribution in [0.4, 0.5) is 16.2 Å². The number of nitrogen functional groups attached to an aromatic ring is 1. The Morgan fingerprint density at radius 1 is 1.34 bits per heavy atom. The Kier molecular flexibility index (Phi) is 9.41. The molecular formula is C28H34FN7O6PS+. The number of nitrogens with zero attached hydrogens (tertiary/aromatic N) is 6. The molecule has 2 aliphatic rings. The molecule has 16 heteroatoms. The van der Waals surface area contributed by atoms with Gasteiger partial charge in [-0.25, -0.2) is 9.37 Å². The maximum Gasteiger partial charge on any atom is 0.627 e. The summed E-state index contributed by atoms with van der Waals surface area (Å²) < 4.78 is 49.1. The highest BCUT2D eigenvalue weighted by Crippen LogP contribution is 2.46. The Balaban J connectivity index is 1.37. The number of aromatic nitrogens is 4. The Labute approximate surface area is 259 Å². The number of carbonyl (C=O) groups excluding carboxylic acids is 1. The number of fused-ring (bicyclic) bond motifs is 1. The third-order valence-corrected chi connectivity index (χ3v) is 9.91. The predicted molar refractivity (Wildman–Crippen MR) is 162 cm³/mol. The smallest absolute Gasteiger partial charge is 0.462 e. The number of hydrogen-bond donors (Lipinski definition) is 2. The van der Waals surface area contributed by atoms with Gasteiger partial charge in [0.05, 0.1) is 12.4 Å². The summed E-state index contributed by atoms with van der Waals surface area (Å²) in [7, 11) is -0.853. The van der Waals surface area contributed by atoms with Crippen molar-refractivity contribution < 1.29 is 32.9 Å². The number of halogens is 1. The maximum atomic E-state index is 16.3. The molecule has 0 radical (unpaired) electrons. The number of aliphatic hydroxyl groups excluding tert-OH is 1. The molecule has 13 nitrogen and oxygen atoms in total. The highest BCUT2D eigenvalue weighted by atomic mass is 32.2. The molecule has 1 saturated carbocycles. The number of nitrogens with two attached hydrogens (primary N) is 1. The van der Waals surface area contributed by atoms with Gasteiger partial charge in [0.1, 0.15) is 18.8 Å². The van der Waals surface area contributed by atoms with Gasteiger partial charge in [-0.15, -0.1) is 10.9 Å². The largest absolute Gasteiger partial charge is 0.627 e. The van der Waals surface area contributed by atoms with Crippen molar-refractivity contribution in [1.82, 2.24) is 23.6 Å². The summed E-state index contributed by atoms with van der Waals surface area (Å²) >= 11 is 1.03. The fourth-order valence-electron chi connectivity index (χ4n) is 4.74. The molecule has 1 saturated heterocycles. The van der Waals surface area contributed by atoms with E-state index >= 15 is 4.39 Å². The molecule has 2 aromatic heterocycles. The van der Waals surface area contributed by atoms with E-state index in [2.05, 4.69) is 15.0 Å². The van der Waals surface area contributed by atoms with Crippen LogP contribution in [0.25, 0.3) is 11.2 Å². The molecule has 5 rings (SSSR count). The Hall–Kier alpha value is -3.38. The molecule has 6 atom stereocenters. The molecule has 2 fully saturated rings. The van der Waals surface area contributed by atoms with E-state index in [1.54, 1.807) is 38.1 Å². The molecule has 0 spiro atoms. The lowest BCUT2D eigenvalue weighted by Gasteiger charge is -2.24. The minimum absolute atomic E-state index is 0.0523. The second-order valence-electron chi connectivity index (χ2n) is 10.9. The quantitative estimate of drug-likeness (QED) is 0.127. The third-order valence-electron chi connectivity index (χ3n) is 7.25. The van der Waals surface area contributed by atoms with Gasteiger partial charge < -0.3 is 25.2 Å². The third kappa shape index (κ3) is 6.37. The first kappa shape index (κ1) is 32.0. The molecule has 3 heterocycles. The number of imidazole rings is 1. The van der Waals surface area contributed by atoms with Crippen LogP contribution in [0.5, 0.6) is 0 Å². The van der Waals surface area contributed by atoms with Crippen LogP contribution < -0.4 is 10.6 Å². The summed E-state index contributed by atoms with van der Waals surface area (Å²) in [6, 6.07) is 8.26. The number of rotatable bonds is 12. The van der Waals surface area contributed by atoms with E-state index in [9.17, 15) is 14.5 Å². The van der Waals surface area contributed by atoms with E-state index in [1.807, 2.05) is 23.9 Å². The first-order chi connectivity index (χ1) is 20.9. The van der Waals surface area contributed by atoms with Crippen molar-refractivity contribution in [1.29, 1.82) is 0 Å². The fourth-order valence-corrected chi connectivity index (χ4v) is 6.93. The molecule has 3 aromatic rings. The van der Waals surface area contributed by atoms with E-state index in [0.717, 1.165) is 24.8 Å². The second kappa shape index (κ2) is 12.9. The van der Waals surface area contributed by atoms with Crippen molar-refractivity contribution in [2.45, 2.75) is 80.8 Å². The standard InChI is InChI=1S/C28H34FN7O6PS/c1-6-28(29)22(37)20(14-40-43(39)36(17(4)25(38)41-16(2)3)44-19-10-8-7-9-11-19)42-26(28)35-15-31-21-23(34(5)18-12-13-18)32-27(30)33-24(21)35/h1,7-11,15-18,20,22,26,37H,12-14H2,2-5H3,(H2,30,32,33)/q+1/t17-,20+,22+,26+,28+/m0/s1. The van der Waals surface area contributed by atoms with Gasteiger partial charge in [-0.1, -0.05) is 24.1 Å².